The molecule has 0 fully saturated rings. The van der Waals surface area contributed by atoms with Gasteiger partial charge >= 0.3 is 0 Å². The quantitative estimate of drug-likeness (QED) is 0.176. The summed E-state index contributed by atoms with van der Waals surface area (Å²) < 4.78 is 6.22. The van der Waals surface area contributed by atoms with Crippen molar-refractivity contribution in [2.75, 3.05) is 4.90 Å². The van der Waals surface area contributed by atoms with Crippen LogP contribution in [0.4, 0.5) is 17.1 Å². The van der Waals surface area contributed by atoms with Gasteiger partial charge < -0.3 is 9.32 Å². The summed E-state index contributed by atoms with van der Waals surface area (Å²) in [6, 6.07) is 71.7. The average molecular weight is 664 g/mol. The standard InChI is InChI=1S/C50H33NO/c1-3-11-34(12-4-1)35-21-26-40(27-22-35)51(47-31-30-42(37-13-5-2-6-14-37)43-15-7-8-16-44(43)47)41-28-23-36(24-29-41)39-20-19-38-25-32-49-50(46(38)33-39)45-17-9-10-18-48(45)52-49/h1-33H. The second-order valence-electron chi connectivity index (χ2n) is 13.3. The third-order valence-corrected chi connectivity index (χ3v) is 10.3. The van der Waals surface area contributed by atoms with Gasteiger partial charge in [-0.1, -0.05) is 152 Å². The summed E-state index contributed by atoms with van der Waals surface area (Å²) in [7, 11) is 0. The Hall–Kier alpha value is -6.90. The maximum absolute atomic E-state index is 6.22. The van der Waals surface area contributed by atoms with E-state index in [1.54, 1.807) is 0 Å². The van der Waals surface area contributed by atoms with Gasteiger partial charge in [0.25, 0.3) is 0 Å². The number of benzene rings is 9. The van der Waals surface area contributed by atoms with Gasteiger partial charge in [-0.3, -0.25) is 0 Å². The molecule has 0 aliphatic carbocycles. The van der Waals surface area contributed by atoms with Gasteiger partial charge in [-0.2, -0.15) is 0 Å². The fourth-order valence-corrected chi connectivity index (χ4v) is 7.73. The molecule has 2 nitrogen and oxygen atoms in total. The Morgan fingerprint density at radius 1 is 0.327 bits per heavy atom. The molecular weight excluding hydrogens is 631 g/mol. The molecule has 9 aromatic carbocycles. The monoisotopic (exact) mass is 663 g/mol. The van der Waals surface area contributed by atoms with E-state index in [-0.39, 0.29) is 0 Å². The van der Waals surface area contributed by atoms with Crippen molar-refractivity contribution in [3.63, 3.8) is 0 Å². The van der Waals surface area contributed by atoms with Crippen LogP contribution in [0.3, 0.4) is 0 Å². The molecule has 52 heavy (non-hydrogen) atoms. The van der Waals surface area contributed by atoms with E-state index in [0.29, 0.717) is 0 Å². The lowest BCUT2D eigenvalue weighted by molar-refractivity contribution is 0.669. The van der Waals surface area contributed by atoms with Gasteiger partial charge in [0.05, 0.1) is 5.69 Å². The van der Waals surface area contributed by atoms with Crippen molar-refractivity contribution >= 4 is 60.5 Å². The zero-order chi connectivity index (χ0) is 34.4. The van der Waals surface area contributed by atoms with Crippen molar-refractivity contribution in [3.05, 3.63) is 200 Å². The number of rotatable bonds is 6. The highest BCUT2D eigenvalue weighted by molar-refractivity contribution is 6.19. The molecule has 1 heterocycles. The minimum absolute atomic E-state index is 0.917. The van der Waals surface area contributed by atoms with Crippen LogP contribution in [0.25, 0.3) is 76.9 Å². The van der Waals surface area contributed by atoms with Crippen molar-refractivity contribution in [2.24, 2.45) is 0 Å². The normalized spacial score (nSPS) is 11.5. The van der Waals surface area contributed by atoms with E-state index in [0.717, 1.165) is 33.6 Å². The van der Waals surface area contributed by atoms with E-state index in [9.17, 15) is 0 Å². The molecule has 0 N–H and O–H groups in total. The van der Waals surface area contributed by atoms with E-state index < -0.39 is 0 Å². The summed E-state index contributed by atoms with van der Waals surface area (Å²) >= 11 is 0. The first kappa shape index (κ1) is 30.0. The summed E-state index contributed by atoms with van der Waals surface area (Å²) in [5, 5.41) is 7.15. The number of fused-ring (bicyclic) bond motifs is 6. The first-order valence-electron chi connectivity index (χ1n) is 17.8. The first-order chi connectivity index (χ1) is 25.8. The Morgan fingerprint density at radius 2 is 0.865 bits per heavy atom. The lowest BCUT2D eigenvalue weighted by Crippen LogP contribution is -2.10. The number of hydrogen-bond donors (Lipinski definition) is 0. The topological polar surface area (TPSA) is 16.4 Å². The molecule has 0 amide bonds. The fourth-order valence-electron chi connectivity index (χ4n) is 7.73. The SMILES string of the molecule is c1ccc(-c2ccc(N(c3ccc(-c4ccc5ccc6oc7ccccc7c6c5c4)cc3)c3ccc(-c4ccccc4)c4ccccc34)cc2)cc1. The van der Waals surface area contributed by atoms with Crippen molar-refractivity contribution in [3.8, 4) is 33.4 Å². The number of nitrogens with zero attached hydrogens (tertiary/aromatic N) is 1. The summed E-state index contributed by atoms with van der Waals surface area (Å²) in [5.74, 6) is 0. The van der Waals surface area contributed by atoms with Crippen molar-refractivity contribution < 1.29 is 4.42 Å². The van der Waals surface area contributed by atoms with Crippen molar-refractivity contribution in [1.29, 1.82) is 0 Å². The summed E-state index contributed by atoms with van der Waals surface area (Å²) in [5.41, 5.74) is 12.3. The number of anilines is 3. The van der Waals surface area contributed by atoms with Crippen LogP contribution in [0.5, 0.6) is 0 Å². The first-order valence-corrected chi connectivity index (χ1v) is 17.8. The predicted molar refractivity (Wildman–Crippen MR) is 220 cm³/mol. The molecule has 0 bridgehead atoms. The third kappa shape index (κ3) is 5.12. The van der Waals surface area contributed by atoms with Crippen LogP contribution in [0.15, 0.2) is 205 Å². The van der Waals surface area contributed by atoms with Crippen LogP contribution < -0.4 is 4.90 Å². The summed E-state index contributed by atoms with van der Waals surface area (Å²) in [4.78, 5) is 2.39. The van der Waals surface area contributed by atoms with E-state index >= 15 is 0 Å². The molecule has 2 heteroatoms. The molecule has 10 rings (SSSR count). The Bertz CT molecular complexity index is 2870. The molecule has 0 radical (unpaired) electrons. The molecule has 10 aromatic rings. The van der Waals surface area contributed by atoms with Crippen LogP contribution in [-0.4, -0.2) is 0 Å². The average Bonchev–Trinajstić information content (AvgIpc) is 3.61. The second kappa shape index (κ2) is 12.5. The van der Waals surface area contributed by atoms with Crippen LogP contribution in [0.2, 0.25) is 0 Å². The fraction of sp³-hybridized carbons (Fsp3) is 0. The second-order valence-corrected chi connectivity index (χ2v) is 13.3. The Morgan fingerprint density at radius 3 is 1.58 bits per heavy atom. The predicted octanol–water partition coefficient (Wildman–Crippen LogP) is 14.4. The molecular formula is C50H33NO. The Balaban J connectivity index is 1.10. The summed E-state index contributed by atoms with van der Waals surface area (Å²) in [6.07, 6.45) is 0. The number of furan rings is 1. The van der Waals surface area contributed by atoms with Crippen LogP contribution in [0.1, 0.15) is 0 Å². The maximum Gasteiger partial charge on any atom is 0.136 e. The largest absolute Gasteiger partial charge is 0.456 e. The van der Waals surface area contributed by atoms with Crippen LogP contribution in [-0.2, 0) is 0 Å². The zero-order valence-corrected chi connectivity index (χ0v) is 28.4. The van der Waals surface area contributed by atoms with Crippen molar-refractivity contribution in [1.82, 2.24) is 0 Å². The van der Waals surface area contributed by atoms with Crippen LogP contribution in [0, 0.1) is 0 Å². The maximum atomic E-state index is 6.22. The van der Waals surface area contributed by atoms with E-state index in [2.05, 4.69) is 193 Å². The summed E-state index contributed by atoms with van der Waals surface area (Å²) in [6.45, 7) is 0. The molecule has 0 aliphatic rings. The van der Waals surface area contributed by atoms with Gasteiger partial charge in [0.1, 0.15) is 11.2 Å². The Kier molecular flexibility index (Phi) is 7.18. The number of hydrogen-bond acceptors (Lipinski definition) is 2. The molecule has 0 saturated carbocycles. The van der Waals surface area contributed by atoms with Gasteiger partial charge in [0.15, 0.2) is 0 Å². The van der Waals surface area contributed by atoms with Gasteiger partial charge in [-0.25, -0.2) is 0 Å². The molecule has 0 aliphatic heterocycles. The number of para-hydroxylation sites is 1. The van der Waals surface area contributed by atoms with Gasteiger partial charge in [-0.05, 0) is 98.1 Å². The molecule has 1 aromatic heterocycles. The smallest absolute Gasteiger partial charge is 0.136 e. The molecule has 244 valence electrons. The van der Waals surface area contributed by atoms with E-state index in [4.69, 9.17) is 4.42 Å². The molecule has 0 atom stereocenters. The highest BCUT2D eigenvalue weighted by Crippen LogP contribution is 2.43. The highest BCUT2D eigenvalue weighted by atomic mass is 16.3. The van der Waals surface area contributed by atoms with Gasteiger partial charge in [0.2, 0.25) is 0 Å². The molecule has 0 saturated heterocycles. The van der Waals surface area contributed by atoms with E-state index in [1.807, 2.05) is 12.1 Å². The van der Waals surface area contributed by atoms with Crippen molar-refractivity contribution in [2.45, 2.75) is 0 Å². The van der Waals surface area contributed by atoms with Crippen LogP contribution >= 0.6 is 0 Å². The lowest BCUT2D eigenvalue weighted by atomic mass is 9.96. The molecule has 0 unspecified atom stereocenters. The third-order valence-electron chi connectivity index (χ3n) is 10.3. The Labute approximate surface area is 302 Å². The minimum Gasteiger partial charge on any atom is -0.456 e. The lowest BCUT2D eigenvalue weighted by Gasteiger charge is -2.28. The highest BCUT2D eigenvalue weighted by Gasteiger charge is 2.18. The zero-order valence-electron chi connectivity index (χ0n) is 28.4. The minimum atomic E-state index is 0.917. The van der Waals surface area contributed by atoms with Gasteiger partial charge in [-0.15, -0.1) is 0 Å². The van der Waals surface area contributed by atoms with E-state index in [1.165, 1.54) is 60.3 Å². The van der Waals surface area contributed by atoms with Gasteiger partial charge in [0, 0.05) is 27.5 Å². The molecule has 0 spiro atoms.